The minimum atomic E-state index is -4.26. The van der Waals surface area contributed by atoms with Crippen LogP contribution in [0.25, 0.3) is 11.1 Å². The Morgan fingerprint density at radius 1 is 0.979 bits per heavy atom. The number of nitrogens with two attached hydrogens (primary N) is 1. The van der Waals surface area contributed by atoms with Crippen molar-refractivity contribution in [2.45, 2.75) is 63.1 Å². The fourth-order valence-corrected chi connectivity index (χ4v) is 7.42. The molecule has 1 aliphatic rings. The number of unbranched alkanes of at least 4 members (excludes halogenated alkanes) is 1. The van der Waals surface area contributed by atoms with E-state index in [2.05, 4.69) is 11.6 Å². The lowest BCUT2D eigenvalue weighted by Crippen LogP contribution is -2.42. The number of rotatable bonds is 13. The number of fused-ring (bicyclic) bond motifs is 1. The molecule has 3 N–H and O–H groups in total. The fourth-order valence-electron chi connectivity index (χ4n) is 6.17. The number of carbonyl (C=O) groups excluding carboxylic acids is 2. The first-order valence-corrected chi connectivity index (χ1v) is 17.4. The molecule has 1 unspecified atom stereocenters. The third-order valence-electron chi connectivity index (χ3n) is 8.74. The van der Waals surface area contributed by atoms with E-state index in [0.29, 0.717) is 34.6 Å². The lowest BCUT2D eigenvalue weighted by molar-refractivity contribution is -0.119. The van der Waals surface area contributed by atoms with Gasteiger partial charge in [0.15, 0.2) is 0 Å². The van der Waals surface area contributed by atoms with Gasteiger partial charge in [0.25, 0.3) is 15.6 Å². The Balaban J connectivity index is 1.42. The molecule has 5 rings (SSSR count). The van der Waals surface area contributed by atoms with Crippen LogP contribution in [0.3, 0.4) is 0 Å². The zero-order valence-electron chi connectivity index (χ0n) is 27.3. The Labute approximate surface area is 280 Å². The molecule has 0 saturated heterocycles. The molecule has 1 aromatic heterocycles. The normalized spacial score (nSPS) is 14.2. The van der Waals surface area contributed by atoms with Gasteiger partial charge in [0.1, 0.15) is 17.7 Å². The van der Waals surface area contributed by atoms with Crippen LogP contribution in [0.5, 0.6) is 0 Å². The molecule has 0 fully saturated rings. The average Bonchev–Trinajstić information content (AvgIpc) is 3.31. The zero-order chi connectivity index (χ0) is 34.6. The van der Waals surface area contributed by atoms with Gasteiger partial charge in [0.2, 0.25) is 11.8 Å². The summed E-state index contributed by atoms with van der Waals surface area (Å²) in [4.78, 5) is 41.7. The number of nitrogens with one attached hydrogen (secondary N) is 1. The number of benzene rings is 3. The highest BCUT2D eigenvalue weighted by molar-refractivity contribution is 7.90. The summed E-state index contributed by atoms with van der Waals surface area (Å²) in [6.45, 7) is 2.16. The van der Waals surface area contributed by atoms with E-state index in [1.807, 2.05) is 47.2 Å². The minimum absolute atomic E-state index is 0.0155. The second kappa shape index (κ2) is 14.4. The highest BCUT2D eigenvalue weighted by atomic mass is 32.2. The number of hydrogen-bond acceptors (Lipinski definition) is 7. The summed E-state index contributed by atoms with van der Waals surface area (Å²) in [5, 5.41) is 0. The number of sulfonamides is 1. The van der Waals surface area contributed by atoms with Gasteiger partial charge in [0, 0.05) is 43.9 Å². The van der Waals surface area contributed by atoms with E-state index in [1.54, 1.807) is 43.4 Å². The van der Waals surface area contributed by atoms with E-state index in [1.165, 1.54) is 16.7 Å². The monoisotopic (exact) mass is 673 g/mol. The van der Waals surface area contributed by atoms with Crippen LogP contribution in [0.15, 0.2) is 88.6 Å². The quantitative estimate of drug-likeness (QED) is 0.211. The Morgan fingerprint density at radius 2 is 1.69 bits per heavy atom. The lowest BCUT2D eigenvalue weighted by Gasteiger charge is -2.31. The Kier molecular flexibility index (Phi) is 10.3. The van der Waals surface area contributed by atoms with Crippen molar-refractivity contribution in [2.75, 3.05) is 16.8 Å². The van der Waals surface area contributed by atoms with Gasteiger partial charge in [0.05, 0.1) is 17.0 Å². The first-order valence-electron chi connectivity index (χ1n) is 15.9. The van der Waals surface area contributed by atoms with Crippen LogP contribution in [0.2, 0.25) is 0 Å². The number of primary amides is 1. The van der Waals surface area contributed by atoms with E-state index in [-0.39, 0.29) is 41.6 Å². The molecule has 1 atom stereocenters. The van der Waals surface area contributed by atoms with Gasteiger partial charge in [-0.1, -0.05) is 74.0 Å². The molecule has 48 heavy (non-hydrogen) atoms. The maximum Gasteiger partial charge on any atom is 0.276 e. The van der Waals surface area contributed by atoms with E-state index >= 15 is 4.39 Å². The zero-order valence-corrected chi connectivity index (χ0v) is 28.1. The summed E-state index contributed by atoms with van der Waals surface area (Å²) in [5.41, 5.74) is 8.48. The predicted octanol–water partition coefficient (Wildman–Crippen LogP) is 4.63. The van der Waals surface area contributed by atoms with Crippen molar-refractivity contribution in [1.82, 2.24) is 9.29 Å². The molecule has 12 heteroatoms. The Hall–Kier alpha value is -4.97. The lowest BCUT2D eigenvalue weighted by atomic mass is 10.0. The number of hydrogen-bond donors (Lipinski definition) is 2. The largest absolute Gasteiger partial charge is 0.369 e. The van der Waals surface area contributed by atoms with Gasteiger partial charge in [-0.25, -0.2) is 17.5 Å². The van der Waals surface area contributed by atoms with Gasteiger partial charge >= 0.3 is 0 Å². The van der Waals surface area contributed by atoms with Gasteiger partial charge < -0.3 is 20.1 Å². The van der Waals surface area contributed by atoms with E-state index in [0.717, 1.165) is 24.8 Å². The van der Waals surface area contributed by atoms with Crippen molar-refractivity contribution in [2.24, 2.45) is 12.8 Å². The molecule has 0 spiro atoms. The van der Waals surface area contributed by atoms with Crippen molar-refractivity contribution in [1.29, 1.82) is 0 Å². The molecular formula is C36H40FN5O5S. The Bertz CT molecular complexity index is 2000. The molecule has 0 aliphatic carbocycles. The van der Waals surface area contributed by atoms with Gasteiger partial charge in [-0.15, -0.1) is 0 Å². The molecule has 10 nitrogen and oxygen atoms in total. The van der Waals surface area contributed by atoms with Gasteiger partial charge in [-0.05, 0) is 48.6 Å². The molecule has 0 radical (unpaired) electrons. The summed E-state index contributed by atoms with van der Waals surface area (Å²) in [7, 11) is -0.795. The maximum absolute atomic E-state index is 15.9. The van der Waals surface area contributed by atoms with Crippen LogP contribution in [0.4, 0.5) is 15.8 Å². The summed E-state index contributed by atoms with van der Waals surface area (Å²) in [6, 6.07) is 21.7. The van der Waals surface area contributed by atoms with Crippen molar-refractivity contribution in [3.8, 4) is 11.1 Å². The molecular weight excluding hydrogens is 633 g/mol. The first kappa shape index (κ1) is 34.4. The molecule has 2 heterocycles. The van der Waals surface area contributed by atoms with Gasteiger partial charge in [-0.3, -0.25) is 14.4 Å². The predicted molar refractivity (Wildman–Crippen MR) is 184 cm³/mol. The van der Waals surface area contributed by atoms with Crippen LogP contribution in [0, 0.1) is 5.82 Å². The Morgan fingerprint density at radius 3 is 2.38 bits per heavy atom. The minimum Gasteiger partial charge on any atom is -0.369 e. The van der Waals surface area contributed by atoms with Crippen LogP contribution < -0.4 is 25.8 Å². The second-order valence-electron chi connectivity index (χ2n) is 12.1. The number of halogens is 1. The average molecular weight is 674 g/mol. The van der Waals surface area contributed by atoms with Crippen LogP contribution in [-0.2, 0) is 46.0 Å². The molecule has 3 aromatic carbocycles. The number of anilines is 2. The molecule has 0 saturated carbocycles. The number of amides is 2. The third-order valence-corrected chi connectivity index (χ3v) is 10.2. The first-order chi connectivity index (χ1) is 22.9. The van der Waals surface area contributed by atoms with Crippen LogP contribution in [-0.4, -0.2) is 38.0 Å². The smallest absolute Gasteiger partial charge is 0.276 e. The SMILES string of the molecule is CCCCC1N(C)c2cc(CC(N)=O)n(C)c(=O)c2N1Cc1ccc(-c2ccccc2S(=O)(=O)NC(=O)CCc2ccccc2)cc1F. The topological polar surface area (TPSA) is 135 Å². The number of aryl methyl sites for hydroxylation is 1. The molecule has 1 aliphatic heterocycles. The third kappa shape index (κ3) is 7.28. The molecule has 252 valence electrons. The number of aromatic nitrogens is 1. The summed E-state index contributed by atoms with van der Waals surface area (Å²) in [5.74, 6) is -1.76. The van der Waals surface area contributed by atoms with Crippen molar-refractivity contribution in [3.63, 3.8) is 0 Å². The van der Waals surface area contributed by atoms with E-state index in [9.17, 15) is 22.8 Å². The molecule has 4 aromatic rings. The van der Waals surface area contributed by atoms with Crippen molar-refractivity contribution < 1.29 is 22.4 Å². The van der Waals surface area contributed by atoms with E-state index in [4.69, 9.17) is 5.73 Å². The highest BCUT2D eigenvalue weighted by Crippen LogP contribution is 2.40. The number of carbonyl (C=O) groups is 2. The molecule has 2 amide bonds. The van der Waals surface area contributed by atoms with Crippen molar-refractivity contribution >= 4 is 33.2 Å². The summed E-state index contributed by atoms with van der Waals surface area (Å²) >= 11 is 0. The summed E-state index contributed by atoms with van der Waals surface area (Å²) < 4.78 is 46.2. The fraction of sp³-hybridized carbons (Fsp3) is 0.306. The van der Waals surface area contributed by atoms with Gasteiger partial charge in [-0.2, -0.15) is 0 Å². The standard InChI is InChI=1S/C36H40FN5O5S/c1-4-5-15-34-41(3)30-21-27(22-32(38)43)40(2)36(45)35(30)42(34)23-26-18-17-25(20-29(26)37)28-13-9-10-14-31(28)48(46,47)39-33(44)19-16-24-11-7-6-8-12-24/h6-14,17-18,20-21,34H,4-5,15-16,19,22-23H2,1-3H3,(H2,38,43)(H,39,44). The maximum atomic E-state index is 15.9. The highest BCUT2D eigenvalue weighted by Gasteiger charge is 2.37. The summed E-state index contributed by atoms with van der Waals surface area (Å²) in [6.07, 6.45) is 2.58. The number of pyridine rings is 1. The van der Waals surface area contributed by atoms with Crippen LogP contribution in [0.1, 0.15) is 49.4 Å². The number of nitrogens with zero attached hydrogens (tertiary/aromatic N) is 3. The molecule has 0 bridgehead atoms. The van der Waals surface area contributed by atoms with E-state index < -0.39 is 27.7 Å². The van der Waals surface area contributed by atoms with Crippen LogP contribution >= 0.6 is 0 Å². The van der Waals surface area contributed by atoms with Crippen molar-refractivity contribution in [3.05, 3.63) is 112 Å². The second-order valence-corrected chi connectivity index (χ2v) is 13.7.